The number of aromatic amines is 1. The number of hydrogen-bond donors (Lipinski definition) is 1. The Morgan fingerprint density at radius 3 is 2.60 bits per heavy atom. The van der Waals surface area contributed by atoms with Crippen LogP contribution in [0.2, 0.25) is 0 Å². The van der Waals surface area contributed by atoms with Crippen molar-refractivity contribution >= 4 is 18.4 Å². The second-order valence-electron chi connectivity index (χ2n) is 5.03. The van der Waals surface area contributed by atoms with Gasteiger partial charge in [-0.15, -0.1) is 0 Å². The third-order valence-corrected chi connectivity index (χ3v) is 3.76. The van der Waals surface area contributed by atoms with Crippen molar-refractivity contribution in [2.75, 3.05) is 14.2 Å². The summed E-state index contributed by atoms with van der Waals surface area (Å²) in [5.41, 5.74) is 1.43. The van der Waals surface area contributed by atoms with E-state index in [2.05, 4.69) is 15.3 Å². The van der Waals surface area contributed by atoms with Gasteiger partial charge in [-0.2, -0.15) is 14.9 Å². The number of aromatic nitrogens is 3. The summed E-state index contributed by atoms with van der Waals surface area (Å²) in [5, 5.41) is 11.3. The lowest BCUT2D eigenvalue weighted by atomic mass is 10.2. The van der Waals surface area contributed by atoms with E-state index in [9.17, 15) is 4.39 Å². The van der Waals surface area contributed by atoms with Crippen LogP contribution in [0.3, 0.4) is 0 Å². The zero-order valence-corrected chi connectivity index (χ0v) is 14.4. The van der Waals surface area contributed by atoms with Crippen LogP contribution in [0.5, 0.6) is 11.5 Å². The van der Waals surface area contributed by atoms with Gasteiger partial charge in [0, 0.05) is 6.07 Å². The second-order valence-corrected chi connectivity index (χ2v) is 5.41. The molecule has 1 heterocycles. The van der Waals surface area contributed by atoms with Crippen LogP contribution in [0.1, 0.15) is 5.56 Å². The minimum Gasteiger partial charge on any atom is -0.497 e. The van der Waals surface area contributed by atoms with Crippen molar-refractivity contribution in [3.05, 3.63) is 58.6 Å². The largest absolute Gasteiger partial charge is 0.497 e. The molecule has 25 heavy (non-hydrogen) atoms. The molecule has 0 spiro atoms. The first-order chi connectivity index (χ1) is 12.1. The van der Waals surface area contributed by atoms with Crippen LogP contribution in [0.4, 0.5) is 4.39 Å². The van der Waals surface area contributed by atoms with E-state index < -0.39 is 0 Å². The van der Waals surface area contributed by atoms with Crippen LogP contribution < -0.4 is 9.47 Å². The number of benzene rings is 2. The monoisotopic (exact) mass is 358 g/mol. The fraction of sp³-hybridized carbons (Fsp3) is 0.118. The van der Waals surface area contributed by atoms with Gasteiger partial charge in [0.15, 0.2) is 5.82 Å². The molecule has 0 aliphatic carbocycles. The van der Waals surface area contributed by atoms with Crippen molar-refractivity contribution in [3.8, 4) is 22.9 Å². The summed E-state index contributed by atoms with van der Waals surface area (Å²) in [6.45, 7) is 0. The molecular weight excluding hydrogens is 343 g/mol. The van der Waals surface area contributed by atoms with Gasteiger partial charge in [-0.25, -0.2) is 9.49 Å². The first-order valence-electron chi connectivity index (χ1n) is 7.32. The van der Waals surface area contributed by atoms with Crippen LogP contribution >= 0.6 is 12.2 Å². The molecule has 0 unspecified atom stereocenters. The Labute approximate surface area is 148 Å². The van der Waals surface area contributed by atoms with Gasteiger partial charge in [0.05, 0.1) is 26.0 Å². The lowest BCUT2D eigenvalue weighted by Gasteiger charge is -2.09. The molecule has 0 radical (unpaired) electrons. The van der Waals surface area contributed by atoms with Crippen molar-refractivity contribution in [2.45, 2.75) is 0 Å². The number of methoxy groups -OCH3 is 2. The number of nitrogens with zero attached hydrogens (tertiary/aromatic N) is 3. The molecule has 0 saturated heterocycles. The average Bonchev–Trinajstić information content (AvgIpc) is 3.01. The summed E-state index contributed by atoms with van der Waals surface area (Å²) in [4.78, 5) is 0. The fourth-order valence-corrected chi connectivity index (χ4v) is 2.41. The van der Waals surface area contributed by atoms with Gasteiger partial charge in [0.1, 0.15) is 17.3 Å². The van der Waals surface area contributed by atoms with E-state index >= 15 is 0 Å². The Balaban J connectivity index is 2.02. The Morgan fingerprint density at radius 2 is 1.92 bits per heavy atom. The molecule has 3 aromatic rings. The molecule has 2 aromatic carbocycles. The number of H-pyrrole nitrogens is 1. The molecule has 0 aliphatic heterocycles. The highest BCUT2D eigenvalue weighted by Gasteiger charge is 2.14. The maximum atomic E-state index is 13.0. The van der Waals surface area contributed by atoms with Crippen molar-refractivity contribution < 1.29 is 13.9 Å². The van der Waals surface area contributed by atoms with E-state index in [0.717, 1.165) is 5.56 Å². The summed E-state index contributed by atoms with van der Waals surface area (Å²) in [6.07, 6.45) is 1.57. The average molecular weight is 358 g/mol. The maximum absolute atomic E-state index is 13.0. The highest BCUT2D eigenvalue weighted by Crippen LogP contribution is 2.32. The van der Waals surface area contributed by atoms with Gasteiger partial charge < -0.3 is 9.47 Å². The summed E-state index contributed by atoms with van der Waals surface area (Å²) < 4.78 is 25.4. The molecular formula is C17H15FN4O2S. The highest BCUT2D eigenvalue weighted by molar-refractivity contribution is 7.71. The van der Waals surface area contributed by atoms with Crippen LogP contribution in [0.15, 0.2) is 47.6 Å². The van der Waals surface area contributed by atoms with E-state index in [4.69, 9.17) is 21.7 Å². The molecule has 0 fully saturated rings. The lowest BCUT2D eigenvalue weighted by Crippen LogP contribution is -1.98. The van der Waals surface area contributed by atoms with Gasteiger partial charge in [-0.05, 0) is 42.0 Å². The quantitative estimate of drug-likeness (QED) is 0.559. The molecule has 0 amide bonds. The van der Waals surface area contributed by atoms with E-state index in [1.165, 1.54) is 16.8 Å². The zero-order chi connectivity index (χ0) is 17.8. The SMILES string of the molecule is COc1ccc(-c2n[nH]c(=S)n2/N=C\c2ccc(F)cc2)c(OC)c1. The van der Waals surface area contributed by atoms with Crippen LogP contribution in [0, 0.1) is 10.6 Å². The van der Waals surface area contributed by atoms with E-state index in [-0.39, 0.29) is 5.82 Å². The van der Waals surface area contributed by atoms with Crippen LogP contribution in [-0.2, 0) is 0 Å². The Bertz CT molecular complexity index is 964. The van der Waals surface area contributed by atoms with Crippen molar-refractivity contribution in [2.24, 2.45) is 5.10 Å². The Morgan fingerprint density at radius 1 is 1.16 bits per heavy atom. The van der Waals surface area contributed by atoms with Gasteiger partial charge in [0.25, 0.3) is 0 Å². The Hall–Kier alpha value is -3.00. The number of rotatable bonds is 5. The standard InChI is InChI=1S/C17H15FN4O2S/c1-23-13-7-8-14(15(9-13)24-2)16-20-21-17(25)22(16)19-10-11-3-5-12(18)6-4-11/h3-10H,1-2H3,(H,21,25)/b19-10-. The Kier molecular flexibility index (Phi) is 4.90. The van der Waals surface area contributed by atoms with Gasteiger partial charge >= 0.3 is 0 Å². The lowest BCUT2D eigenvalue weighted by molar-refractivity contribution is 0.395. The maximum Gasteiger partial charge on any atom is 0.216 e. The predicted octanol–water partition coefficient (Wildman–Crippen LogP) is 3.65. The normalized spacial score (nSPS) is 11.0. The van der Waals surface area contributed by atoms with Gasteiger partial charge in [0.2, 0.25) is 4.77 Å². The minimum absolute atomic E-state index is 0.305. The summed E-state index contributed by atoms with van der Waals surface area (Å²) in [7, 11) is 3.14. The minimum atomic E-state index is -0.305. The van der Waals surface area contributed by atoms with Crippen LogP contribution in [0.25, 0.3) is 11.4 Å². The molecule has 128 valence electrons. The van der Waals surface area contributed by atoms with Crippen LogP contribution in [-0.4, -0.2) is 35.3 Å². The van der Waals surface area contributed by atoms with Crippen molar-refractivity contribution in [1.82, 2.24) is 14.9 Å². The molecule has 0 bridgehead atoms. The smallest absolute Gasteiger partial charge is 0.216 e. The summed E-state index contributed by atoms with van der Waals surface area (Å²) >= 11 is 5.24. The molecule has 1 N–H and O–H groups in total. The number of halogens is 1. The topological polar surface area (TPSA) is 64.4 Å². The third kappa shape index (κ3) is 3.58. The first kappa shape index (κ1) is 16.8. The molecule has 0 atom stereocenters. The van der Waals surface area contributed by atoms with Gasteiger partial charge in [-0.1, -0.05) is 12.1 Å². The zero-order valence-electron chi connectivity index (χ0n) is 13.6. The first-order valence-corrected chi connectivity index (χ1v) is 7.73. The number of ether oxygens (including phenoxy) is 2. The fourth-order valence-electron chi connectivity index (χ4n) is 2.23. The van der Waals surface area contributed by atoms with Gasteiger partial charge in [-0.3, -0.25) is 0 Å². The molecule has 0 aliphatic rings. The molecule has 1 aromatic heterocycles. The molecule has 0 saturated carbocycles. The van der Waals surface area contributed by atoms with Crippen molar-refractivity contribution in [3.63, 3.8) is 0 Å². The number of nitrogens with one attached hydrogen (secondary N) is 1. The molecule has 6 nitrogen and oxygen atoms in total. The molecule has 3 rings (SSSR count). The summed E-state index contributed by atoms with van der Waals surface area (Å²) in [5.74, 6) is 1.42. The predicted molar refractivity (Wildman–Crippen MR) is 95.3 cm³/mol. The number of hydrogen-bond acceptors (Lipinski definition) is 5. The van der Waals surface area contributed by atoms with E-state index in [0.29, 0.717) is 27.7 Å². The second kappa shape index (κ2) is 7.27. The highest BCUT2D eigenvalue weighted by atomic mass is 32.1. The summed E-state index contributed by atoms with van der Waals surface area (Å²) in [6, 6.07) is 11.3. The molecule has 8 heteroatoms. The van der Waals surface area contributed by atoms with Crippen molar-refractivity contribution in [1.29, 1.82) is 0 Å². The third-order valence-electron chi connectivity index (χ3n) is 3.49. The van der Waals surface area contributed by atoms with E-state index in [1.807, 2.05) is 6.07 Å². The van der Waals surface area contributed by atoms with E-state index in [1.54, 1.807) is 44.7 Å².